The summed E-state index contributed by atoms with van der Waals surface area (Å²) in [6.45, 7) is 2.99. The van der Waals surface area contributed by atoms with E-state index in [-0.39, 0.29) is 0 Å². The van der Waals surface area contributed by atoms with E-state index in [2.05, 4.69) is 76.6 Å². The van der Waals surface area contributed by atoms with Gasteiger partial charge in [0.1, 0.15) is 0 Å². The highest BCUT2D eigenvalue weighted by atomic mass is 16.4. The molecule has 0 bridgehead atoms. The van der Waals surface area contributed by atoms with Crippen molar-refractivity contribution in [2.45, 2.75) is 52.0 Å². The van der Waals surface area contributed by atoms with Crippen LogP contribution in [0.25, 0.3) is 32.3 Å². The van der Waals surface area contributed by atoms with Crippen molar-refractivity contribution in [2.75, 3.05) is 0 Å². The molecule has 6 rings (SSSR count). The van der Waals surface area contributed by atoms with Gasteiger partial charge >= 0.3 is 0 Å². The average molecular weight is 448 g/mol. The number of hydrogen-bond acceptors (Lipinski definition) is 3. The minimum atomic E-state index is 0.694. The number of oxime groups is 1. The molecule has 4 nitrogen and oxygen atoms in total. The summed E-state index contributed by atoms with van der Waals surface area (Å²) in [5.41, 5.74) is 5.31. The van der Waals surface area contributed by atoms with E-state index in [0.717, 1.165) is 49.2 Å². The van der Waals surface area contributed by atoms with Gasteiger partial charge in [0.25, 0.3) is 0 Å². The second kappa shape index (κ2) is 8.60. The molecule has 4 heteroatoms. The van der Waals surface area contributed by atoms with Crippen molar-refractivity contribution >= 4 is 38.0 Å². The molecule has 0 spiro atoms. The number of benzene rings is 4. The Morgan fingerprint density at radius 2 is 1.65 bits per heavy atom. The third kappa shape index (κ3) is 3.45. The zero-order valence-electron chi connectivity index (χ0n) is 19.6. The predicted molar refractivity (Wildman–Crippen MR) is 140 cm³/mol. The summed E-state index contributed by atoms with van der Waals surface area (Å²) in [4.78, 5) is 0. The highest BCUT2D eigenvalue weighted by Gasteiger charge is 2.23. The molecule has 1 aliphatic heterocycles. The van der Waals surface area contributed by atoms with Crippen LogP contribution in [0, 0.1) is 0 Å². The lowest BCUT2D eigenvalue weighted by Gasteiger charge is -2.10. The first kappa shape index (κ1) is 20.9. The summed E-state index contributed by atoms with van der Waals surface area (Å²) in [6.07, 6.45) is 5.98. The molecule has 0 atom stereocenters. The van der Waals surface area contributed by atoms with Gasteiger partial charge in [-0.15, -0.1) is 0 Å². The Bertz CT molecular complexity index is 1560. The van der Waals surface area contributed by atoms with Gasteiger partial charge in [-0.2, -0.15) is 5.10 Å². The van der Waals surface area contributed by atoms with E-state index in [0.29, 0.717) is 6.42 Å². The summed E-state index contributed by atoms with van der Waals surface area (Å²) in [7, 11) is 0. The Hall–Kier alpha value is -3.66. The number of aryl methyl sites for hydroxylation is 1. The lowest BCUT2D eigenvalue weighted by Crippen LogP contribution is -2.07. The molecule has 0 amide bonds. The molecule has 0 unspecified atom stereocenters. The molecular formula is C30H29N3O. The van der Waals surface area contributed by atoms with E-state index >= 15 is 0 Å². The molecule has 4 aromatic carbocycles. The Morgan fingerprint density at radius 1 is 0.882 bits per heavy atom. The van der Waals surface area contributed by atoms with Gasteiger partial charge < -0.3 is 5.21 Å². The molecule has 34 heavy (non-hydrogen) atoms. The average Bonchev–Trinajstić information content (AvgIpc) is 3.04. The zero-order chi connectivity index (χ0) is 23.1. The van der Waals surface area contributed by atoms with E-state index in [1.807, 2.05) is 6.92 Å². The van der Waals surface area contributed by atoms with Crippen LogP contribution in [-0.4, -0.2) is 20.7 Å². The Kier molecular flexibility index (Phi) is 5.29. The second-order valence-electron chi connectivity index (χ2n) is 9.38. The number of aromatic nitrogens is 2. The molecule has 0 saturated heterocycles. The van der Waals surface area contributed by atoms with Gasteiger partial charge in [-0.25, -0.2) is 0 Å². The monoisotopic (exact) mass is 447 g/mol. The maximum atomic E-state index is 9.73. The molecular weight excluding hydrogens is 418 g/mol. The number of hydrogen-bond donors (Lipinski definition) is 1. The van der Waals surface area contributed by atoms with Gasteiger partial charge in [0.15, 0.2) is 0 Å². The van der Waals surface area contributed by atoms with Crippen LogP contribution >= 0.6 is 0 Å². The summed E-state index contributed by atoms with van der Waals surface area (Å²) < 4.78 is 2.16. The third-order valence-electron chi connectivity index (χ3n) is 7.34. The van der Waals surface area contributed by atoms with Crippen LogP contribution < -0.4 is 0 Å². The van der Waals surface area contributed by atoms with E-state index in [9.17, 15) is 5.21 Å². The van der Waals surface area contributed by atoms with Crippen molar-refractivity contribution in [1.29, 1.82) is 0 Å². The summed E-state index contributed by atoms with van der Waals surface area (Å²) >= 11 is 0. The van der Waals surface area contributed by atoms with Gasteiger partial charge in [-0.3, -0.25) is 4.68 Å². The highest BCUT2D eigenvalue weighted by molar-refractivity contribution is 6.17. The fourth-order valence-corrected chi connectivity index (χ4v) is 5.66. The standard InChI is InChI=1S/C30H29N3O/c1-2-27(32-34)30-28(31-33-17-7-3-4-10-29(30)33)19-20-11-14-24-22(18-20)13-16-25-23-9-6-5-8-21(23)12-15-26(24)25/h5-6,8-9,11-16,18,34H,2-4,7,10,17,19H2,1H3. The fourth-order valence-electron chi connectivity index (χ4n) is 5.66. The van der Waals surface area contributed by atoms with Crippen LogP contribution in [0.4, 0.5) is 0 Å². The van der Waals surface area contributed by atoms with E-state index in [1.54, 1.807) is 0 Å². The maximum Gasteiger partial charge on any atom is 0.0902 e. The second-order valence-corrected chi connectivity index (χ2v) is 9.38. The molecule has 0 radical (unpaired) electrons. The summed E-state index contributed by atoms with van der Waals surface area (Å²) in [5.74, 6) is 0. The molecule has 0 aliphatic carbocycles. The zero-order valence-corrected chi connectivity index (χ0v) is 19.6. The molecule has 1 N–H and O–H groups in total. The minimum Gasteiger partial charge on any atom is -0.411 e. The molecule has 0 saturated carbocycles. The van der Waals surface area contributed by atoms with Gasteiger partial charge in [0.05, 0.1) is 11.4 Å². The Balaban J connectivity index is 1.44. The van der Waals surface area contributed by atoms with Crippen molar-refractivity contribution in [3.8, 4) is 0 Å². The quantitative estimate of drug-likeness (QED) is 0.137. The summed E-state index contributed by atoms with van der Waals surface area (Å²) in [6, 6.07) is 24.3. The molecule has 2 heterocycles. The largest absolute Gasteiger partial charge is 0.411 e. The van der Waals surface area contributed by atoms with Crippen molar-refractivity contribution < 1.29 is 5.21 Å². The van der Waals surface area contributed by atoms with Crippen LogP contribution in [-0.2, 0) is 19.4 Å². The maximum absolute atomic E-state index is 9.73. The van der Waals surface area contributed by atoms with Crippen LogP contribution in [0.1, 0.15) is 55.1 Å². The number of nitrogens with zero attached hydrogens (tertiary/aromatic N) is 3. The SMILES string of the molecule is CCC(=NO)c1c(Cc2ccc3c(ccc4c5ccccc5ccc34)c2)nn2c1CCCCC2. The van der Waals surface area contributed by atoms with Gasteiger partial charge in [-0.1, -0.05) is 85.2 Å². The van der Waals surface area contributed by atoms with E-state index in [1.165, 1.54) is 50.0 Å². The molecule has 170 valence electrons. The van der Waals surface area contributed by atoms with E-state index < -0.39 is 0 Å². The van der Waals surface area contributed by atoms with E-state index in [4.69, 9.17) is 5.10 Å². The van der Waals surface area contributed by atoms with Crippen molar-refractivity contribution in [1.82, 2.24) is 9.78 Å². The topological polar surface area (TPSA) is 50.4 Å². The van der Waals surface area contributed by atoms with Gasteiger partial charge in [0.2, 0.25) is 0 Å². The normalized spacial score (nSPS) is 14.6. The Morgan fingerprint density at radius 3 is 2.47 bits per heavy atom. The van der Waals surface area contributed by atoms with Crippen LogP contribution in [0.15, 0.2) is 71.9 Å². The first-order valence-electron chi connectivity index (χ1n) is 12.4. The minimum absolute atomic E-state index is 0.694. The number of rotatable bonds is 4. The fraction of sp³-hybridized carbons (Fsp3) is 0.267. The van der Waals surface area contributed by atoms with Gasteiger partial charge in [0, 0.05) is 24.2 Å². The molecule has 0 fully saturated rings. The van der Waals surface area contributed by atoms with Crippen molar-refractivity contribution in [3.05, 3.63) is 89.2 Å². The first-order valence-corrected chi connectivity index (χ1v) is 12.4. The molecule has 5 aromatic rings. The predicted octanol–water partition coefficient (Wildman–Crippen LogP) is 7.25. The van der Waals surface area contributed by atoms with Crippen molar-refractivity contribution in [2.24, 2.45) is 5.16 Å². The van der Waals surface area contributed by atoms with Crippen molar-refractivity contribution in [3.63, 3.8) is 0 Å². The van der Waals surface area contributed by atoms with Gasteiger partial charge in [-0.05, 0) is 63.6 Å². The first-order chi connectivity index (χ1) is 16.8. The lowest BCUT2D eigenvalue weighted by molar-refractivity contribution is 0.318. The number of fused-ring (bicyclic) bond motifs is 6. The smallest absolute Gasteiger partial charge is 0.0902 e. The summed E-state index contributed by atoms with van der Waals surface area (Å²) in [5, 5.41) is 26.1. The third-order valence-corrected chi connectivity index (χ3v) is 7.34. The lowest BCUT2D eigenvalue weighted by atomic mass is 9.94. The Labute approximate surface area is 199 Å². The molecule has 1 aromatic heterocycles. The van der Waals surface area contributed by atoms with Crippen LogP contribution in [0.2, 0.25) is 0 Å². The molecule has 1 aliphatic rings. The highest BCUT2D eigenvalue weighted by Crippen LogP contribution is 2.32. The van der Waals surface area contributed by atoms with Crippen LogP contribution in [0.5, 0.6) is 0 Å². The van der Waals surface area contributed by atoms with Crippen LogP contribution in [0.3, 0.4) is 0 Å².